The van der Waals surface area contributed by atoms with Gasteiger partial charge in [0.2, 0.25) is 0 Å². The molecule has 0 fully saturated rings. The highest BCUT2D eigenvalue weighted by Gasteiger charge is 2.11. The predicted octanol–water partition coefficient (Wildman–Crippen LogP) is 4.40. The quantitative estimate of drug-likeness (QED) is 0.460. The Morgan fingerprint density at radius 2 is 1.87 bits per heavy atom. The average Bonchev–Trinajstić information content (AvgIpc) is 3.32. The number of rotatable bonds is 7. The maximum Gasteiger partial charge on any atom is 0.255 e. The van der Waals surface area contributed by atoms with Crippen LogP contribution in [0.4, 0.5) is 5.69 Å². The van der Waals surface area contributed by atoms with Gasteiger partial charge in [-0.2, -0.15) is 0 Å². The summed E-state index contributed by atoms with van der Waals surface area (Å²) < 4.78 is 12.8. The van der Waals surface area contributed by atoms with Gasteiger partial charge in [-0.3, -0.25) is 4.79 Å². The molecule has 2 aromatic heterocycles. The van der Waals surface area contributed by atoms with E-state index in [9.17, 15) is 4.79 Å². The summed E-state index contributed by atoms with van der Waals surface area (Å²) >= 11 is 1.50. The van der Waals surface area contributed by atoms with Gasteiger partial charge in [-0.25, -0.2) is 0 Å². The Kier molecular flexibility index (Phi) is 6.03. The van der Waals surface area contributed by atoms with Crippen LogP contribution in [0.1, 0.15) is 27.4 Å². The summed E-state index contributed by atoms with van der Waals surface area (Å²) in [5.74, 6) is 1.22. The van der Waals surface area contributed by atoms with E-state index in [1.807, 2.05) is 49.7 Å². The van der Waals surface area contributed by atoms with Gasteiger partial charge in [0, 0.05) is 23.2 Å². The van der Waals surface area contributed by atoms with Gasteiger partial charge in [-0.15, -0.1) is 10.2 Å². The lowest BCUT2D eigenvalue weighted by atomic mass is 10.2. The van der Waals surface area contributed by atoms with Crippen LogP contribution in [0.3, 0.4) is 0 Å². The van der Waals surface area contributed by atoms with Crippen LogP contribution in [0, 0.1) is 13.8 Å². The number of hydrogen-bond acceptors (Lipinski definition) is 7. The molecule has 0 radical (unpaired) electrons. The van der Waals surface area contributed by atoms with Crippen LogP contribution in [0.15, 0.2) is 69.4 Å². The van der Waals surface area contributed by atoms with Crippen molar-refractivity contribution in [2.45, 2.75) is 30.5 Å². The zero-order valence-corrected chi connectivity index (χ0v) is 18.1. The third-order valence-corrected chi connectivity index (χ3v) is 5.73. The first-order chi connectivity index (χ1) is 15.0. The first kappa shape index (κ1) is 20.7. The maximum absolute atomic E-state index is 12.5. The molecule has 4 rings (SSSR count). The molecule has 0 saturated heterocycles. The Hall–Kier alpha value is -3.59. The Bertz CT molecular complexity index is 1160. The monoisotopic (exact) mass is 435 g/mol. The zero-order valence-electron chi connectivity index (χ0n) is 17.3. The lowest BCUT2D eigenvalue weighted by Crippen LogP contribution is -2.11. The number of benzene rings is 2. The lowest BCUT2D eigenvalue weighted by molar-refractivity contribution is 0.102. The summed E-state index contributed by atoms with van der Waals surface area (Å²) in [6.45, 7) is 4.10. The molecule has 31 heavy (non-hydrogen) atoms. The number of aryl methyl sites for hydroxylation is 3. The smallest absolute Gasteiger partial charge is 0.255 e. The SMILES string of the molecule is Cc1noc(C)c1COc1ccc(C(=O)Nc2ccc(Sc3nncn3C)cc2)cc1. The number of nitrogens with zero attached hydrogens (tertiary/aromatic N) is 4. The van der Waals surface area contributed by atoms with E-state index in [-0.39, 0.29) is 5.91 Å². The van der Waals surface area contributed by atoms with Gasteiger partial charge in [0.25, 0.3) is 5.91 Å². The molecular formula is C22H21N5O3S. The van der Waals surface area contributed by atoms with Crippen LogP contribution in [-0.4, -0.2) is 25.8 Å². The minimum absolute atomic E-state index is 0.189. The third-order valence-electron chi connectivity index (χ3n) is 4.67. The standard InChI is InChI=1S/C22H21N5O3S/c1-14-20(15(2)30-26-14)12-29-18-8-4-16(5-9-18)21(28)24-17-6-10-19(11-7-17)31-22-25-23-13-27(22)3/h4-11,13H,12H2,1-3H3,(H,24,28). The fourth-order valence-corrected chi connectivity index (χ4v) is 3.61. The molecule has 4 aromatic rings. The predicted molar refractivity (Wildman–Crippen MR) is 116 cm³/mol. The van der Waals surface area contributed by atoms with Gasteiger partial charge < -0.3 is 19.1 Å². The first-order valence-electron chi connectivity index (χ1n) is 9.57. The number of carbonyl (C=O) groups is 1. The zero-order chi connectivity index (χ0) is 21.8. The number of hydrogen-bond donors (Lipinski definition) is 1. The average molecular weight is 436 g/mol. The van der Waals surface area contributed by atoms with Crippen molar-refractivity contribution >= 4 is 23.4 Å². The number of anilines is 1. The topological polar surface area (TPSA) is 95.1 Å². The van der Waals surface area contributed by atoms with E-state index in [1.54, 1.807) is 30.6 Å². The first-order valence-corrected chi connectivity index (χ1v) is 10.4. The van der Waals surface area contributed by atoms with Crippen molar-refractivity contribution in [3.8, 4) is 5.75 Å². The molecule has 0 saturated carbocycles. The molecule has 1 N–H and O–H groups in total. The second kappa shape index (κ2) is 9.05. The van der Waals surface area contributed by atoms with Crippen molar-refractivity contribution in [1.82, 2.24) is 19.9 Å². The lowest BCUT2D eigenvalue weighted by Gasteiger charge is -2.08. The van der Waals surface area contributed by atoms with E-state index in [2.05, 4.69) is 20.7 Å². The van der Waals surface area contributed by atoms with Crippen molar-refractivity contribution in [3.63, 3.8) is 0 Å². The van der Waals surface area contributed by atoms with Gasteiger partial charge in [0.1, 0.15) is 24.4 Å². The normalized spacial score (nSPS) is 10.8. The van der Waals surface area contributed by atoms with Crippen molar-refractivity contribution in [2.24, 2.45) is 7.05 Å². The number of ether oxygens (including phenoxy) is 1. The fraction of sp³-hybridized carbons (Fsp3) is 0.182. The summed E-state index contributed by atoms with van der Waals surface area (Å²) in [6.07, 6.45) is 1.66. The third kappa shape index (κ3) is 4.95. The van der Waals surface area contributed by atoms with Crippen LogP contribution in [0.25, 0.3) is 0 Å². The van der Waals surface area contributed by atoms with Crippen LogP contribution in [0.5, 0.6) is 5.75 Å². The number of amides is 1. The van der Waals surface area contributed by atoms with E-state index in [0.717, 1.165) is 27.1 Å². The van der Waals surface area contributed by atoms with Crippen molar-refractivity contribution in [3.05, 3.63) is 77.4 Å². The molecule has 0 spiro atoms. The van der Waals surface area contributed by atoms with Gasteiger partial charge in [-0.05, 0) is 74.1 Å². The van der Waals surface area contributed by atoms with Crippen LogP contribution >= 0.6 is 11.8 Å². The fourth-order valence-electron chi connectivity index (χ4n) is 2.85. The molecule has 2 heterocycles. The van der Waals surface area contributed by atoms with Crippen molar-refractivity contribution < 1.29 is 14.1 Å². The molecule has 0 aliphatic carbocycles. The van der Waals surface area contributed by atoms with Gasteiger partial charge in [0.05, 0.1) is 11.3 Å². The summed E-state index contributed by atoms with van der Waals surface area (Å²) in [4.78, 5) is 13.6. The summed E-state index contributed by atoms with van der Waals surface area (Å²) in [7, 11) is 1.89. The molecule has 0 atom stereocenters. The molecule has 0 unspecified atom stereocenters. The number of aromatic nitrogens is 4. The molecule has 0 aliphatic heterocycles. The second-order valence-corrected chi connectivity index (χ2v) is 7.96. The summed E-state index contributed by atoms with van der Waals surface area (Å²) in [5.41, 5.74) is 3.00. The molecule has 2 aromatic carbocycles. The van der Waals surface area contributed by atoms with Gasteiger partial charge in [-0.1, -0.05) is 5.16 Å². The van der Waals surface area contributed by atoms with E-state index in [0.29, 0.717) is 23.6 Å². The Labute approximate surface area is 183 Å². The Morgan fingerprint density at radius 3 is 2.48 bits per heavy atom. The van der Waals surface area contributed by atoms with Crippen molar-refractivity contribution in [1.29, 1.82) is 0 Å². The van der Waals surface area contributed by atoms with Gasteiger partial charge >= 0.3 is 0 Å². The molecule has 0 aliphatic rings. The highest BCUT2D eigenvalue weighted by atomic mass is 32.2. The Balaban J connectivity index is 1.33. The molecule has 9 heteroatoms. The van der Waals surface area contributed by atoms with Crippen LogP contribution in [-0.2, 0) is 13.7 Å². The van der Waals surface area contributed by atoms with E-state index in [1.165, 1.54) is 11.8 Å². The summed E-state index contributed by atoms with van der Waals surface area (Å²) in [6, 6.07) is 14.6. The molecular weight excluding hydrogens is 414 g/mol. The molecule has 0 bridgehead atoms. The minimum atomic E-state index is -0.189. The second-order valence-electron chi connectivity index (χ2n) is 6.92. The number of nitrogens with one attached hydrogen (secondary N) is 1. The van der Waals surface area contributed by atoms with E-state index < -0.39 is 0 Å². The van der Waals surface area contributed by atoms with Crippen molar-refractivity contribution in [2.75, 3.05) is 5.32 Å². The van der Waals surface area contributed by atoms with E-state index >= 15 is 0 Å². The Morgan fingerprint density at radius 1 is 1.13 bits per heavy atom. The molecule has 1 amide bonds. The van der Waals surface area contributed by atoms with Crippen LogP contribution < -0.4 is 10.1 Å². The largest absolute Gasteiger partial charge is 0.489 e. The number of carbonyl (C=O) groups excluding carboxylic acids is 1. The molecule has 8 nitrogen and oxygen atoms in total. The highest BCUT2D eigenvalue weighted by Crippen LogP contribution is 2.26. The minimum Gasteiger partial charge on any atom is -0.489 e. The summed E-state index contributed by atoms with van der Waals surface area (Å²) in [5, 5.41) is 15.5. The maximum atomic E-state index is 12.5. The van der Waals surface area contributed by atoms with Crippen LogP contribution in [0.2, 0.25) is 0 Å². The van der Waals surface area contributed by atoms with Gasteiger partial charge in [0.15, 0.2) is 5.16 Å². The van der Waals surface area contributed by atoms with E-state index in [4.69, 9.17) is 9.26 Å². The molecule has 158 valence electrons. The highest BCUT2D eigenvalue weighted by molar-refractivity contribution is 7.99.